The molecule has 20 heavy (non-hydrogen) atoms. The van der Waals surface area contributed by atoms with Gasteiger partial charge in [0.05, 0.1) is 11.6 Å². The lowest BCUT2D eigenvalue weighted by molar-refractivity contribution is 0.949. The smallest absolute Gasteiger partial charge is 0.131 e. The Morgan fingerprint density at radius 1 is 1.10 bits per heavy atom. The van der Waals surface area contributed by atoms with Gasteiger partial charge < -0.3 is 10.2 Å². The fourth-order valence-corrected chi connectivity index (χ4v) is 2.45. The lowest BCUT2D eigenvalue weighted by Gasteiger charge is -2.17. The molecule has 1 saturated heterocycles. The first-order valence-electron chi connectivity index (χ1n) is 6.83. The second kappa shape index (κ2) is 5.62. The minimum atomic E-state index is 0.608. The molecule has 3 rings (SSSR count). The third-order valence-corrected chi connectivity index (χ3v) is 3.50. The molecule has 1 aromatic carbocycles. The second-order valence-corrected chi connectivity index (χ2v) is 4.91. The molecule has 0 saturated carbocycles. The highest BCUT2D eigenvalue weighted by Crippen LogP contribution is 2.23. The van der Waals surface area contributed by atoms with Gasteiger partial charge in [0.2, 0.25) is 0 Å². The molecule has 1 aliphatic rings. The maximum atomic E-state index is 8.87. The van der Waals surface area contributed by atoms with E-state index in [1.54, 1.807) is 18.3 Å². The molecule has 0 radical (unpaired) electrons. The Labute approximate surface area is 118 Å². The van der Waals surface area contributed by atoms with Gasteiger partial charge in [-0.1, -0.05) is 0 Å². The zero-order chi connectivity index (χ0) is 13.8. The topological polar surface area (TPSA) is 52.0 Å². The fourth-order valence-electron chi connectivity index (χ4n) is 2.45. The van der Waals surface area contributed by atoms with Crippen molar-refractivity contribution in [2.75, 3.05) is 23.3 Å². The molecule has 4 nitrogen and oxygen atoms in total. The highest BCUT2D eigenvalue weighted by Gasteiger charge is 2.11. The zero-order valence-electron chi connectivity index (χ0n) is 11.2. The third-order valence-electron chi connectivity index (χ3n) is 3.50. The number of nitrogens with one attached hydrogen (secondary N) is 1. The second-order valence-electron chi connectivity index (χ2n) is 4.91. The predicted molar refractivity (Wildman–Crippen MR) is 80.1 cm³/mol. The average molecular weight is 264 g/mol. The molecule has 0 aliphatic carbocycles. The highest BCUT2D eigenvalue weighted by atomic mass is 15.1. The van der Waals surface area contributed by atoms with Gasteiger partial charge in [-0.05, 0) is 49.2 Å². The van der Waals surface area contributed by atoms with Crippen LogP contribution in [0.1, 0.15) is 18.4 Å². The van der Waals surface area contributed by atoms with Crippen molar-refractivity contribution < 1.29 is 0 Å². The van der Waals surface area contributed by atoms with Crippen LogP contribution in [0.25, 0.3) is 0 Å². The van der Waals surface area contributed by atoms with E-state index in [-0.39, 0.29) is 0 Å². The number of aromatic nitrogens is 1. The summed E-state index contributed by atoms with van der Waals surface area (Å²) in [5, 5.41) is 12.1. The number of hydrogen-bond acceptors (Lipinski definition) is 4. The predicted octanol–water partition coefficient (Wildman–Crippen LogP) is 3.30. The van der Waals surface area contributed by atoms with Crippen LogP contribution in [-0.2, 0) is 0 Å². The summed E-state index contributed by atoms with van der Waals surface area (Å²) in [6, 6.07) is 13.9. The minimum absolute atomic E-state index is 0.608. The first-order chi connectivity index (χ1) is 9.85. The van der Waals surface area contributed by atoms with Crippen molar-refractivity contribution in [2.24, 2.45) is 0 Å². The van der Waals surface area contributed by atoms with Crippen molar-refractivity contribution in [2.45, 2.75) is 12.8 Å². The van der Waals surface area contributed by atoms with Gasteiger partial charge in [0, 0.05) is 30.7 Å². The lowest BCUT2D eigenvalue weighted by atomic mass is 10.2. The van der Waals surface area contributed by atoms with Crippen LogP contribution in [0.2, 0.25) is 0 Å². The fraction of sp³-hybridized carbons (Fsp3) is 0.250. The van der Waals surface area contributed by atoms with Gasteiger partial charge in [0.1, 0.15) is 5.82 Å². The van der Waals surface area contributed by atoms with E-state index in [0.29, 0.717) is 11.4 Å². The van der Waals surface area contributed by atoms with Gasteiger partial charge in [0.15, 0.2) is 0 Å². The van der Waals surface area contributed by atoms with Crippen molar-refractivity contribution >= 4 is 17.2 Å². The Morgan fingerprint density at radius 2 is 1.85 bits per heavy atom. The van der Waals surface area contributed by atoms with E-state index in [1.165, 1.54) is 18.5 Å². The minimum Gasteiger partial charge on any atom is -0.372 e. The third kappa shape index (κ3) is 2.72. The van der Waals surface area contributed by atoms with Crippen molar-refractivity contribution in [3.63, 3.8) is 0 Å². The average Bonchev–Trinajstić information content (AvgIpc) is 3.02. The largest absolute Gasteiger partial charge is 0.372 e. The summed E-state index contributed by atoms with van der Waals surface area (Å²) in [6.07, 6.45) is 4.20. The molecule has 0 atom stereocenters. The lowest BCUT2D eigenvalue weighted by Crippen LogP contribution is -2.17. The first kappa shape index (κ1) is 12.5. The maximum absolute atomic E-state index is 8.87. The van der Waals surface area contributed by atoms with Crippen LogP contribution in [0.5, 0.6) is 0 Å². The number of nitriles is 1. The molecule has 1 N–H and O–H groups in total. The number of benzene rings is 1. The molecule has 4 heteroatoms. The number of nitrogens with zero attached hydrogens (tertiary/aromatic N) is 3. The summed E-state index contributed by atoms with van der Waals surface area (Å²) in [5.74, 6) is 0.693. The van der Waals surface area contributed by atoms with E-state index < -0.39 is 0 Å². The Bertz CT molecular complexity index is 622. The van der Waals surface area contributed by atoms with E-state index in [9.17, 15) is 0 Å². The molecule has 2 aromatic rings. The first-order valence-corrected chi connectivity index (χ1v) is 6.83. The molecule has 100 valence electrons. The SMILES string of the molecule is N#Cc1ccnc(Nc2ccc(N3CCCC3)cc2)c1. The molecule has 1 aliphatic heterocycles. The van der Waals surface area contributed by atoms with Crippen LogP contribution in [0, 0.1) is 11.3 Å². The maximum Gasteiger partial charge on any atom is 0.131 e. The van der Waals surface area contributed by atoms with Gasteiger partial charge in [-0.25, -0.2) is 4.98 Å². The van der Waals surface area contributed by atoms with Gasteiger partial charge >= 0.3 is 0 Å². The van der Waals surface area contributed by atoms with Crippen molar-refractivity contribution in [3.05, 3.63) is 48.2 Å². The molecule has 2 heterocycles. The standard InChI is InChI=1S/C16H16N4/c17-12-13-7-8-18-16(11-13)19-14-3-5-15(6-4-14)20-9-1-2-10-20/h3-8,11H,1-2,9-10H2,(H,18,19). The summed E-state index contributed by atoms with van der Waals surface area (Å²) < 4.78 is 0. The van der Waals surface area contributed by atoms with Crippen molar-refractivity contribution in [3.8, 4) is 6.07 Å². The quantitative estimate of drug-likeness (QED) is 0.924. The van der Waals surface area contributed by atoms with Crippen LogP contribution in [0.3, 0.4) is 0 Å². The molecule has 0 bridgehead atoms. The molecule has 1 fully saturated rings. The summed E-state index contributed by atoms with van der Waals surface area (Å²) >= 11 is 0. The van der Waals surface area contributed by atoms with Crippen LogP contribution in [-0.4, -0.2) is 18.1 Å². The molecule has 0 spiro atoms. The van der Waals surface area contributed by atoms with E-state index in [4.69, 9.17) is 5.26 Å². The number of hydrogen-bond donors (Lipinski definition) is 1. The van der Waals surface area contributed by atoms with Gasteiger partial charge in [0.25, 0.3) is 0 Å². The van der Waals surface area contributed by atoms with E-state index in [2.05, 4.69) is 33.4 Å². The summed E-state index contributed by atoms with van der Waals surface area (Å²) in [7, 11) is 0. The number of pyridine rings is 1. The van der Waals surface area contributed by atoms with Crippen LogP contribution < -0.4 is 10.2 Å². The van der Waals surface area contributed by atoms with Gasteiger partial charge in [-0.2, -0.15) is 5.26 Å². The van der Waals surface area contributed by atoms with Crippen LogP contribution in [0.15, 0.2) is 42.6 Å². The summed E-state index contributed by atoms with van der Waals surface area (Å²) in [5.41, 5.74) is 2.86. The Balaban J connectivity index is 1.73. The number of anilines is 3. The Hall–Kier alpha value is -2.54. The Kier molecular flexibility index (Phi) is 3.51. The molecular formula is C16H16N4. The van der Waals surface area contributed by atoms with E-state index in [0.717, 1.165) is 18.8 Å². The summed E-state index contributed by atoms with van der Waals surface area (Å²) in [6.45, 7) is 2.30. The van der Waals surface area contributed by atoms with Crippen LogP contribution >= 0.6 is 0 Å². The van der Waals surface area contributed by atoms with Crippen LogP contribution in [0.4, 0.5) is 17.2 Å². The Morgan fingerprint density at radius 3 is 2.55 bits per heavy atom. The summed E-state index contributed by atoms with van der Waals surface area (Å²) in [4.78, 5) is 6.61. The van der Waals surface area contributed by atoms with E-state index >= 15 is 0 Å². The van der Waals surface area contributed by atoms with Gasteiger partial charge in [-0.3, -0.25) is 0 Å². The van der Waals surface area contributed by atoms with E-state index in [1.807, 2.05) is 12.1 Å². The zero-order valence-corrected chi connectivity index (χ0v) is 11.2. The van der Waals surface area contributed by atoms with Gasteiger partial charge in [-0.15, -0.1) is 0 Å². The van der Waals surface area contributed by atoms with Crippen molar-refractivity contribution in [1.29, 1.82) is 5.26 Å². The highest BCUT2D eigenvalue weighted by molar-refractivity contribution is 5.61. The van der Waals surface area contributed by atoms with Crippen molar-refractivity contribution in [1.82, 2.24) is 4.98 Å². The number of rotatable bonds is 3. The normalized spacial score (nSPS) is 14.1. The monoisotopic (exact) mass is 264 g/mol. The molecule has 0 unspecified atom stereocenters. The molecule has 1 aromatic heterocycles. The molecular weight excluding hydrogens is 248 g/mol. The molecule has 0 amide bonds.